The van der Waals surface area contributed by atoms with E-state index in [9.17, 15) is 20.7 Å². The molecule has 0 N–H and O–H groups in total. The summed E-state index contributed by atoms with van der Waals surface area (Å²) in [7, 11) is -8.58. The van der Waals surface area contributed by atoms with E-state index in [1.165, 1.54) is 4.31 Å². The summed E-state index contributed by atoms with van der Waals surface area (Å²) in [4.78, 5) is 1.62. The van der Waals surface area contributed by atoms with Gasteiger partial charge in [-0.1, -0.05) is 6.92 Å². The van der Waals surface area contributed by atoms with Crippen LogP contribution in [0, 0.1) is 0 Å². The average Bonchev–Trinajstić information content (AvgIpc) is 2.48. The standard InChI is InChI=1S/C14H21FN2O4S2/c1-4-16-9-12(3)17(10-11(16)2)23(20,21)14-7-5-13(6-8-14)22(15,18)19/h5-8,11-12H,4,9-10H2,1-3H3. The third-order valence-electron chi connectivity index (χ3n) is 4.18. The second kappa shape index (κ2) is 6.46. The molecule has 130 valence electrons. The molecule has 0 spiro atoms. The van der Waals surface area contributed by atoms with Crippen LogP contribution in [0.15, 0.2) is 34.1 Å². The van der Waals surface area contributed by atoms with Crippen molar-refractivity contribution in [2.24, 2.45) is 0 Å². The second-order valence-corrected chi connectivity index (χ2v) is 9.01. The van der Waals surface area contributed by atoms with Gasteiger partial charge in [-0.05, 0) is 44.7 Å². The average molecular weight is 364 g/mol. The number of sulfonamides is 1. The van der Waals surface area contributed by atoms with Crippen molar-refractivity contribution in [2.45, 2.75) is 42.6 Å². The molecule has 0 radical (unpaired) electrons. The van der Waals surface area contributed by atoms with Gasteiger partial charge in [-0.25, -0.2) is 8.42 Å². The Morgan fingerprint density at radius 2 is 1.52 bits per heavy atom. The smallest absolute Gasteiger partial charge is 0.298 e. The molecular weight excluding hydrogens is 343 g/mol. The third-order valence-corrected chi connectivity index (χ3v) is 7.01. The summed E-state index contributed by atoms with van der Waals surface area (Å²) >= 11 is 0. The van der Waals surface area contributed by atoms with Crippen molar-refractivity contribution < 1.29 is 20.7 Å². The van der Waals surface area contributed by atoms with Crippen LogP contribution in [0.3, 0.4) is 0 Å². The van der Waals surface area contributed by atoms with E-state index < -0.39 is 25.1 Å². The van der Waals surface area contributed by atoms with E-state index in [-0.39, 0.29) is 17.0 Å². The van der Waals surface area contributed by atoms with Gasteiger partial charge in [-0.3, -0.25) is 4.90 Å². The van der Waals surface area contributed by atoms with Gasteiger partial charge in [0.2, 0.25) is 10.0 Å². The lowest BCUT2D eigenvalue weighted by molar-refractivity contribution is 0.0982. The Morgan fingerprint density at radius 3 is 2.00 bits per heavy atom. The van der Waals surface area contributed by atoms with Crippen LogP contribution < -0.4 is 0 Å². The number of nitrogens with zero attached hydrogens (tertiary/aromatic N) is 2. The molecule has 2 rings (SSSR count). The molecule has 1 aliphatic rings. The molecule has 0 aromatic heterocycles. The van der Waals surface area contributed by atoms with Gasteiger partial charge >= 0.3 is 10.2 Å². The van der Waals surface area contributed by atoms with Crippen molar-refractivity contribution in [2.75, 3.05) is 19.6 Å². The van der Waals surface area contributed by atoms with Crippen LogP contribution in [-0.2, 0) is 20.2 Å². The molecule has 0 saturated carbocycles. The fraction of sp³-hybridized carbons (Fsp3) is 0.571. The van der Waals surface area contributed by atoms with E-state index in [1.54, 1.807) is 0 Å². The zero-order valence-corrected chi connectivity index (χ0v) is 14.9. The molecule has 2 atom stereocenters. The Hall–Kier alpha value is -1.03. The van der Waals surface area contributed by atoms with Gasteiger partial charge in [0.15, 0.2) is 0 Å². The lowest BCUT2D eigenvalue weighted by atomic mass is 10.1. The predicted molar refractivity (Wildman–Crippen MR) is 84.8 cm³/mol. The van der Waals surface area contributed by atoms with Gasteiger partial charge in [-0.15, -0.1) is 3.89 Å². The van der Waals surface area contributed by atoms with Crippen LogP contribution >= 0.6 is 0 Å². The SMILES string of the molecule is CCN1CC(C)N(S(=O)(=O)c2ccc(S(=O)(=O)F)cc2)CC1C. The molecular formula is C14H21FN2O4S2. The quantitative estimate of drug-likeness (QED) is 0.756. The van der Waals surface area contributed by atoms with E-state index in [0.29, 0.717) is 13.1 Å². The highest BCUT2D eigenvalue weighted by Crippen LogP contribution is 2.25. The minimum Gasteiger partial charge on any atom is -0.298 e. The topological polar surface area (TPSA) is 74.8 Å². The molecule has 1 fully saturated rings. The summed E-state index contributed by atoms with van der Waals surface area (Å²) in [6.07, 6.45) is 0. The molecule has 1 heterocycles. The molecule has 1 aromatic rings. The summed E-state index contributed by atoms with van der Waals surface area (Å²) < 4.78 is 61.5. The van der Waals surface area contributed by atoms with Gasteiger partial charge in [0.1, 0.15) is 0 Å². The van der Waals surface area contributed by atoms with Gasteiger partial charge < -0.3 is 0 Å². The summed E-state index contributed by atoms with van der Waals surface area (Å²) in [5.74, 6) is 0. The van der Waals surface area contributed by atoms with E-state index in [0.717, 1.165) is 30.8 Å². The lowest BCUT2D eigenvalue weighted by Gasteiger charge is -2.42. The summed E-state index contributed by atoms with van der Waals surface area (Å²) in [5.41, 5.74) is 0. The van der Waals surface area contributed by atoms with Gasteiger partial charge in [0, 0.05) is 25.2 Å². The Morgan fingerprint density at radius 1 is 1.00 bits per heavy atom. The maximum Gasteiger partial charge on any atom is 0.332 e. The highest BCUT2D eigenvalue weighted by molar-refractivity contribution is 7.89. The fourth-order valence-corrected chi connectivity index (χ4v) is 5.02. The molecule has 0 bridgehead atoms. The highest BCUT2D eigenvalue weighted by atomic mass is 32.3. The Bertz CT molecular complexity index is 762. The molecule has 9 heteroatoms. The van der Waals surface area contributed by atoms with Gasteiger partial charge in [-0.2, -0.15) is 12.7 Å². The monoisotopic (exact) mass is 364 g/mol. The van der Waals surface area contributed by atoms with Crippen LogP contribution in [0.2, 0.25) is 0 Å². The Kier molecular flexibility index (Phi) is 5.15. The fourth-order valence-electron chi connectivity index (χ4n) is 2.85. The molecule has 0 amide bonds. The highest BCUT2D eigenvalue weighted by Gasteiger charge is 2.36. The van der Waals surface area contributed by atoms with Crippen LogP contribution in [0.25, 0.3) is 0 Å². The predicted octanol–water partition coefficient (Wildman–Crippen LogP) is 1.45. The number of likely N-dealkylation sites (N-methyl/N-ethyl adjacent to an activating group) is 1. The number of benzene rings is 1. The normalized spacial score (nSPS) is 24.7. The molecule has 1 aromatic carbocycles. The summed E-state index contributed by atoms with van der Waals surface area (Å²) in [5, 5.41) is 0. The van der Waals surface area contributed by atoms with E-state index >= 15 is 0 Å². The second-order valence-electron chi connectivity index (χ2n) is 5.77. The molecule has 1 saturated heterocycles. The summed E-state index contributed by atoms with van der Waals surface area (Å²) in [6, 6.07) is 4.10. The van der Waals surface area contributed by atoms with Crippen molar-refractivity contribution in [3.63, 3.8) is 0 Å². The molecule has 0 aliphatic carbocycles. The first kappa shape index (κ1) is 18.3. The van der Waals surface area contributed by atoms with Crippen molar-refractivity contribution >= 4 is 20.2 Å². The van der Waals surface area contributed by atoms with Crippen molar-refractivity contribution in [3.05, 3.63) is 24.3 Å². The van der Waals surface area contributed by atoms with Crippen LogP contribution in [0.4, 0.5) is 3.89 Å². The zero-order chi connectivity index (χ0) is 17.4. The zero-order valence-electron chi connectivity index (χ0n) is 13.3. The lowest BCUT2D eigenvalue weighted by Crippen LogP contribution is -2.57. The maximum absolute atomic E-state index is 12.9. The minimum atomic E-state index is -4.84. The van der Waals surface area contributed by atoms with Crippen LogP contribution in [0.5, 0.6) is 0 Å². The minimum absolute atomic E-state index is 0.0334. The third kappa shape index (κ3) is 3.73. The van der Waals surface area contributed by atoms with Gasteiger partial charge in [0.25, 0.3) is 0 Å². The number of halogens is 1. The first-order valence-electron chi connectivity index (χ1n) is 7.38. The summed E-state index contributed by atoms with van der Waals surface area (Å²) in [6.45, 7) is 7.68. The van der Waals surface area contributed by atoms with E-state index in [2.05, 4.69) is 4.90 Å². The van der Waals surface area contributed by atoms with Gasteiger partial charge in [0.05, 0.1) is 9.79 Å². The number of rotatable bonds is 4. The molecule has 6 nitrogen and oxygen atoms in total. The molecule has 1 aliphatic heterocycles. The Labute approximate surface area is 137 Å². The largest absolute Gasteiger partial charge is 0.332 e. The number of hydrogen-bond acceptors (Lipinski definition) is 5. The first-order chi connectivity index (χ1) is 10.6. The van der Waals surface area contributed by atoms with Crippen molar-refractivity contribution in [1.82, 2.24) is 9.21 Å². The number of hydrogen-bond donors (Lipinski definition) is 0. The molecule has 23 heavy (non-hydrogen) atoms. The Balaban J connectivity index is 2.31. The van der Waals surface area contributed by atoms with Crippen molar-refractivity contribution in [3.8, 4) is 0 Å². The van der Waals surface area contributed by atoms with Crippen molar-refractivity contribution in [1.29, 1.82) is 0 Å². The number of piperazine rings is 1. The maximum atomic E-state index is 12.9. The van der Waals surface area contributed by atoms with Crippen LogP contribution in [-0.4, -0.2) is 57.8 Å². The van der Waals surface area contributed by atoms with E-state index in [1.807, 2.05) is 20.8 Å². The van der Waals surface area contributed by atoms with E-state index in [4.69, 9.17) is 0 Å². The first-order valence-corrected chi connectivity index (χ1v) is 10.2. The van der Waals surface area contributed by atoms with Crippen LogP contribution in [0.1, 0.15) is 20.8 Å². The molecule has 2 unspecified atom stereocenters.